The van der Waals surface area contributed by atoms with Gasteiger partial charge in [0.15, 0.2) is 0 Å². The summed E-state index contributed by atoms with van der Waals surface area (Å²) >= 11 is 7.28. The first-order chi connectivity index (χ1) is 15.2. The zero-order valence-corrected chi connectivity index (χ0v) is 19.0. The highest BCUT2D eigenvalue weighted by molar-refractivity contribution is 7.19. The molecule has 0 atom stereocenters. The van der Waals surface area contributed by atoms with E-state index in [1.165, 1.54) is 23.5 Å². The predicted molar refractivity (Wildman–Crippen MR) is 123 cm³/mol. The van der Waals surface area contributed by atoms with Crippen LogP contribution in [0.5, 0.6) is 5.75 Å². The van der Waals surface area contributed by atoms with Crippen molar-refractivity contribution >= 4 is 44.7 Å². The van der Waals surface area contributed by atoms with Gasteiger partial charge in [0.1, 0.15) is 22.2 Å². The SMILES string of the molecule is CCOc1ccc(-c2c(C)sc3nc(C)nc(Nc4ccc(Cl)c(C(F)(F)F)c4)c23)cc1. The summed E-state index contributed by atoms with van der Waals surface area (Å²) in [7, 11) is 0. The smallest absolute Gasteiger partial charge is 0.417 e. The predicted octanol–water partition coefficient (Wildman–Crippen LogP) is 7.79. The molecule has 4 aromatic rings. The molecule has 2 aromatic heterocycles. The Morgan fingerprint density at radius 3 is 2.44 bits per heavy atom. The van der Waals surface area contributed by atoms with E-state index >= 15 is 0 Å². The third-order valence-corrected chi connectivity index (χ3v) is 6.16. The average Bonchev–Trinajstić information content (AvgIpc) is 3.05. The van der Waals surface area contributed by atoms with Crippen LogP contribution in [0.2, 0.25) is 5.02 Å². The third-order valence-electron chi connectivity index (χ3n) is 4.83. The van der Waals surface area contributed by atoms with Crippen LogP contribution in [0.4, 0.5) is 24.7 Å². The zero-order chi connectivity index (χ0) is 23.0. The maximum absolute atomic E-state index is 13.3. The molecule has 32 heavy (non-hydrogen) atoms. The number of halogens is 4. The highest BCUT2D eigenvalue weighted by Crippen LogP contribution is 2.42. The highest BCUT2D eigenvalue weighted by Gasteiger charge is 2.33. The van der Waals surface area contributed by atoms with Crippen LogP contribution in [-0.4, -0.2) is 16.6 Å². The Balaban J connectivity index is 1.84. The fourth-order valence-electron chi connectivity index (χ4n) is 3.50. The van der Waals surface area contributed by atoms with E-state index in [9.17, 15) is 13.2 Å². The van der Waals surface area contributed by atoms with E-state index < -0.39 is 11.7 Å². The van der Waals surface area contributed by atoms with Crippen LogP contribution < -0.4 is 10.1 Å². The first kappa shape index (κ1) is 22.4. The zero-order valence-electron chi connectivity index (χ0n) is 17.5. The molecule has 0 unspecified atom stereocenters. The fraction of sp³-hybridized carbons (Fsp3) is 0.217. The molecule has 0 amide bonds. The first-order valence-electron chi connectivity index (χ1n) is 9.82. The van der Waals surface area contributed by atoms with Crippen LogP contribution in [0.1, 0.15) is 23.2 Å². The van der Waals surface area contributed by atoms with E-state index in [0.29, 0.717) is 18.2 Å². The second-order valence-electron chi connectivity index (χ2n) is 7.11. The number of aryl methyl sites for hydroxylation is 2. The lowest BCUT2D eigenvalue weighted by molar-refractivity contribution is -0.137. The van der Waals surface area contributed by atoms with Crippen LogP contribution in [0.25, 0.3) is 21.3 Å². The van der Waals surface area contributed by atoms with Crippen molar-refractivity contribution in [2.75, 3.05) is 11.9 Å². The number of nitrogens with zero attached hydrogens (tertiary/aromatic N) is 2. The molecule has 0 saturated carbocycles. The minimum absolute atomic E-state index is 0.239. The van der Waals surface area contributed by atoms with Crippen LogP contribution in [0.3, 0.4) is 0 Å². The Bertz CT molecular complexity index is 1290. The van der Waals surface area contributed by atoms with Crippen molar-refractivity contribution < 1.29 is 17.9 Å². The molecule has 0 aliphatic rings. The van der Waals surface area contributed by atoms with Gasteiger partial charge in [-0.15, -0.1) is 11.3 Å². The summed E-state index contributed by atoms with van der Waals surface area (Å²) < 4.78 is 45.5. The van der Waals surface area contributed by atoms with E-state index in [-0.39, 0.29) is 10.7 Å². The molecule has 9 heteroatoms. The maximum Gasteiger partial charge on any atom is 0.417 e. The number of thiophene rings is 1. The Morgan fingerprint density at radius 2 is 1.78 bits per heavy atom. The van der Waals surface area contributed by atoms with E-state index in [1.807, 2.05) is 38.1 Å². The lowest BCUT2D eigenvalue weighted by Crippen LogP contribution is -2.07. The van der Waals surface area contributed by atoms with Crippen molar-refractivity contribution in [2.45, 2.75) is 26.9 Å². The van der Waals surface area contributed by atoms with Crippen LogP contribution in [0, 0.1) is 13.8 Å². The Labute approximate surface area is 192 Å². The van der Waals surface area contributed by atoms with Gasteiger partial charge in [-0.05, 0) is 56.7 Å². The van der Waals surface area contributed by atoms with Crippen LogP contribution >= 0.6 is 22.9 Å². The van der Waals surface area contributed by atoms with Crippen LogP contribution in [0.15, 0.2) is 42.5 Å². The Hall–Kier alpha value is -2.84. The van der Waals surface area contributed by atoms with Gasteiger partial charge in [-0.1, -0.05) is 23.7 Å². The summed E-state index contributed by atoms with van der Waals surface area (Å²) in [5.74, 6) is 1.72. The van der Waals surface area contributed by atoms with Gasteiger partial charge in [0.25, 0.3) is 0 Å². The number of nitrogens with one attached hydrogen (secondary N) is 1. The van der Waals surface area contributed by atoms with E-state index in [1.54, 1.807) is 6.92 Å². The number of aromatic nitrogens is 2. The first-order valence-corrected chi connectivity index (χ1v) is 11.0. The number of anilines is 2. The number of ether oxygens (including phenoxy) is 1. The molecule has 2 heterocycles. The van der Waals surface area contributed by atoms with Crippen molar-refractivity contribution in [3.8, 4) is 16.9 Å². The normalized spacial score (nSPS) is 11.7. The third kappa shape index (κ3) is 4.38. The van der Waals surface area contributed by atoms with Gasteiger partial charge in [0, 0.05) is 16.1 Å². The highest BCUT2D eigenvalue weighted by atomic mass is 35.5. The molecule has 0 spiro atoms. The van der Waals surface area contributed by atoms with E-state index in [0.717, 1.165) is 38.0 Å². The molecular weight excluding hydrogens is 459 g/mol. The summed E-state index contributed by atoms with van der Waals surface area (Å²) in [6.07, 6.45) is -4.56. The largest absolute Gasteiger partial charge is 0.494 e. The number of hydrogen-bond acceptors (Lipinski definition) is 5. The number of alkyl halides is 3. The molecule has 0 fully saturated rings. The van der Waals surface area contributed by atoms with Crippen LogP contribution in [-0.2, 0) is 6.18 Å². The van der Waals surface area contributed by atoms with Gasteiger partial charge in [-0.25, -0.2) is 9.97 Å². The van der Waals surface area contributed by atoms with Crippen molar-refractivity contribution in [3.05, 3.63) is 63.8 Å². The lowest BCUT2D eigenvalue weighted by Gasteiger charge is -2.14. The minimum Gasteiger partial charge on any atom is -0.494 e. The number of fused-ring (bicyclic) bond motifs is 1. The molecule has 0 aliphatic heterocycles. The minimum atomic E-state index is -4.56. The number of benzene rings is 2. The number of rotatable bonds is 5. The van der Waals surface area contributed by atoms with Crippen molar-refractivity contribution in [1.82, 2.24) is 9.97 Å². The monoisotopic (exact) mass is 477 g/mol. The quantitative estimate of drug-likeness (QED) is 0.318. The van der Waals surface area contributed by atoms with Gasteiger partial charge >= 0.3 is 6.18 Å². The standard InChI is InChI=1S/C23H19ClF3N3OS/c1-4-31-16-8-5-14(6-9-16)19-12(2)32-22-20(19)21(28-13(3)29-22)30-15-7-10-18(24)17(11-15)23(25,26)27/h5-11H,4H2,1-3H3,(H,28,29,30). The Morgan fingerprint density at radius 1 is 1.06 bits per heavy atom. The van der Waals surface area contributed by atoms with Crippen molar-refractivity contribution in [2.24, 2.45) is 0 Å². The van der Waals surface area contributed by atoms with E-state index in [4.69, 9.17) is 16.3 Å². The molecule has 4 rings (SSSR count). The summed E-state index contributed by atoms with van der Waals surface area (Å²) in [6.45, 7) is 6.23. The molecule has 0 radical (unpaired) electrons. The fourth-order valence-corrected chi connectivity index (χ4v) is 4.81. The average molecular weight is 478 g/mol. The maximum atomic E-state index is 13.3. The van der Waals surface area contributed by atoms with Gasteiger partial charge < -0.3 is 10.1 Å². The topological polar surface area (TPSA) is 47.0 Å². The molecular formula is C23H19ClF3N3OS. The second kappa shape index (κ2) is 8.60. The molecule has 0 saturated heterocycles. The Kier molecular flexibility index (Phi) is 6.01. The number of hydrogen-bond donors (Lipinski definition) is 1. The van der Waals surface area contributed by atoms with Gasteiger partial charge in [-0.3, -0.25) is 0 Å². The van der Waals surface area contributed by atoms with Crippen molar-refractivity contribution in [1.29, 1.82) is 0 Å². The molecule has 0 aliphatic carbocycles. The molecule has 1 N–H and O–H groups in total. The van der Waals surface area contributed by atoms with Gasteiger partial charge in [0.05, 0.1) is 22.6 Å². The summed E-state index contributed by atoms with van der Waals surface area (Å²) in [6, 6.07) is 11.4. The van der Waals surface area contributed by atoms with Gasteiger partial charge in [-0.2, -0.15) is 13.2 Å². The lowest BCUT2D eigenvalue weighted by atomic mass is 10.0. The molecule has 166 valence electrons. The molecule has 2 aromatic carbocycles. The molecule has 0 bridgehead atoms. The summed E-state index contributed by atoms with van der Waals surface area (Å²) in [5.41, 5.74) is 1.21. The second-order valence-corrected chi connectivity index (χ2v) is 8.72. The van der Waals surface area contributed by atoms with E-state index in [2.05, 4.69) is 15.3 Å². The summed E-state index contributed by atoms with van der Waals surface area (Å²) in [4.78, 5) is 10.8. The van der Waals surface area contributed by atoms with Crippen molar-refractivity contribution in [3.63, 3.8) is 0 Å². The summed E-state index contributed by atoms with van der Waals surface area (Å²) in [5, 5.41) is 3.46. The molecule has 4 nitrogen and oxygen atoms in total. The van der Waals surface area contributed by atoms with Gasteiger partial charge in [0.2, 0.25) is 0 Å².